The summed E-state index contributed by atoms with van der Waals surface area (Å²) in [6.45, 7) is 1.94. The summed E-state index contributed by atoms with van der Waals surface area (Å²) in [4.78, 5) is 12.2. The van der Waals surface area contributed by atoms with E-state index in [9.17, 15) is 4.79 Å². The quantitative estimate of drug-likeness (QED) is 0.871. The number of halogens is 2. The zero-order valence-corrected chi connectivity index (χ0v) is 12.7. The molecule has 0 heterocycles. The molecular weight excluding hydrogens is 326 g/mol. The molecule has 0 aliphatic rings. The van der Waals surface area contributed by atoms with Crippen molar-refractivity contribution in [3.05, 3.63) is 69.2 Å². The summed E-state index contributed by atoms with van der Waals surface area (Å²) in [6.07, 6.45) is 0. The van der Waals surface area contributed by atoms with Crippen LogP contribution < -0.4 is 5.32 Å². The topological polar surface area (TPSA) is 29.1 Å². The molecule has 0 fully saturated rings. The Morgan fingerprint density at radius 2 is 1.89 bits per heavy atom. The maximum absolute atomic E-state index is 12.2. The third kappa shape index (κ3) is 3.58. The minimum Gasteiger partial charge on any atom is -0.345 e. The van der Waals surface area contributed by atoms with Crippen molar-refractivity contribution < 1.29 is 4.79 Å². The van der Waals surface area contributed by atoms with Gasteiger partial charge in [0.1, 0.15) is 0 Å². The molecule has 19 heavy (non-hydrogen) atoms. The molecule has 0 aliphatic heterocycles. The highest BCUT2D eigenvalue weighted by atomic mass is 79.9. The number of rotatable bonds is 3. The van der Waals surface area contributed by atoms with Gasteiger partial charge in [-0.1, -0.05) is 57.9 Å². The van der Waals surface area contributed by atoms with E-state index in [0.717, 1.165) is 10.0 Å². The van der Waals surface area contributed by atoms with Crippen LogP contribution in [-0.4, -0.2) is 5.91 Å². The van der Waals surface area contributed by atoms with E-state index in [-0.39, 0.29) is 11.9 Å². The molecule has 4 heteroatoms. The zero-order chi connectivity index (χ0) is 13.8. The second kappa shape index (κ2) is 6.22. The average molecular weight is 339 g/mol. The Bertz CT molecular complexity index is 586. The van der Waals surface area contributed by atoms with Gasteiger partial charge in [0.2, 0.25) is 0 Å². The van der Waals surface area contributed by atoms with E-state index in [1.54, 1.807) is 18.2 Å². The highest BCUT2D eigenvalue weighted by Gasteiger charge is 2.14. The van der Waals surface area contributed by atoms with Crippen LogP contribution in [0.1, 0.15) is 28.9 Å². The van der Waals surface area contributed by atoms with Crippen molar-refractivity contribution in [2.75, 3.05) is 0 Å². The molecule has 2 nitrogen and oxygen atoms in total. The van der Waals surface area contributed by atoms with Crippen molar-refractivity contribution in [3.8, 4) is 0 Å². The molecule has 2 aromatic rings. The maximum atomic E-state index is 12.2. The lowest BCUT2D eigenvalue weighted by Gasteiger charge is -2.15. The molecular formula is C15H13BrClNO. The van der Waals surface area contributed by atoms with Crippen LogP contribution in [0.3, 0.4) is 0 Å². The SMILES string of the molecule is C[C@H](NC(=O)c1cc(Br)ccc1Cl)c1ccccc1. The predicted molar refractivity (Wildman–Crippen MR) is 81.5 cm³/mol. The second-order valence-corrected chi connectivity index (χ2v) is 5.55. The van der Waals surface area contributed by atoms with E-state index in [1.807, 2.05) is 37.3 Å². The van der Waals surface area contributed by atoms with Crippen LogP contribution in [0.4, 0.5) is 0 Å². The fraction of sp³-hybridized carbons (Fsp3) is 0.133. The molecule has 0 saturated heterocycles. The molecule has 1 atom stereocenters. The zero-order valence-electron chi connectivity index (χ0n) is 10.4. The molecule has 0 spiro atoms. The number of nitrogens with one attached hydrogen (secondary N) is 1. The summed E-state index contributed by atoms with van der Waals surface area (Å²) < 4.78 is 0.828. The van der Waals surface area contributed by atoms with Gasteiger partial charge in [0, 0.05) is 4.47 Å². The van der Waals surface area contributed by atoms with Crippen LogP contribution in [0.15, 0.2) is 53.0 Å². The van der Waals surface area contributed by atoms with E-state index in [4.69, 9.17) is 11.6 Å². The highest BCUT2D eigenvalue weighted by molar-refractivity contribution is 9.10. The minimum absolute atomic E-state index is 0.0660. The summed E-state index contributed by atoms with van der Waals surface area (Å²) in [7, 11) is 0. The summed E-state index contributed by atoms with van der Waals surface area (Å²) >= 11 is 9.38. The molecule has 2 rings (SSSR count). The monoisotopic (exact) mass is 337 g/mol. The summed E-state index contributed by atoms with van der Waals surface area (Å²) in [6, 6.07) is 15.0. The van der Waals surface area contributed by atoms with Gasteiger partial charge < -0.3 is 5.32 Å². The Hall–Kier alpha value is -1.32. The molecule has 0 aromatic heterocycles. The van der Waals surface area contributed by atoms with E-state index < -0.39 is 0 Å². The van der Waals surface area contributed by atoms with Gasteiger partial charge in [0.05, 0.1) is 16.6 Å². The Kier molecular flexibility index (Phi) is 4.61. The van der Waals surface area contributed by atoms with Gasteiger partial charge in [-0.25, -0.2) is 0 Å². The standard InChI is InChI=1S/C15H13BrClNO/c1-10(11-5-3-2-4-6-11)18-15(19)13-9-12(16)7-8-14(13)17/h2-10H,1H3,(H,18,19)/t10-/m0/s1. The van der Waals surface area contributed by atoms with Crippen LogP contribution >= 0.6 is 27.5 Å². The van der Waals surface area contributed by atoms with Crippen LogP contribution in [-0.2, 0) is 0 Å². The number of carbonyl (C=O) groups is 1. The van der Waals surface area contributed by atoms with Gasteiger partial charge in [0.15, 0.2) is 0 Å². The number of benzene rings is 2. The summed E-state index contributed by atoms with van der Waals surface area (Å²) in [5.74, 6) is -0.178. The Balaban J connectivity index is 2.15. The lowest BCUT2D eigenvalue weighted by atomic mass is 10.1. The molecule has 0 saturated carbocycles. The van der Waals surface area contributed by atoms with Crippen LogP contribution in [0.5, 0.6) is 0 Å². The van der Waals surface area contributed by atoms with Gasteiger partial charge in [-0.3, -0.25) is 4.79 Å². The second-order valence-electron chi connectivity index (χ2n) is 4.23. The molecule has 2 aromatic carbocycles. The third-order valence-electron chi connectivity index (χ3n) is 2.82. The maximum Gasteiger partial charge on any atom is 0.253 e. The number of hydrogen-bond acceptors (Lipinski definition) is 1. The minimum atomic E-state index is -0.178. The fourth-order valence-electron chi connectivity index (χ4n) is 1.77. The van der Waals surface area contributed by atoms with Crippen LogP contribution in [0.2, 0.25) is 5.02 Å². The van der Waals surface area contributed by atoms with Crippen molar-refractivity contribution in [1.29, 1.82) is 0 Å². The average Bonchev–Trinajstić information content (AvgIpc) is 2.42. The van der Waals surface area contributed by atoms with Crippen molar-refractivity contribution in [3.63, 3.8) is 0 Å². The van der Waals surface area contributed by atoms with E-state index >= 15 is 0 Å². The van der Waals surface area contributed by atoms with Gasteiger partial charge in [-0.15, -0.1) is 0 Å². The first-order valence-corrected chi connectivity index (χ1v) is 7.06. The van der Waals surface area contributed by atoms with Crippen LogP contribution in [0, 0.1) is 0 Å². The highest BCUT2D eigenvalue weighted by Crippen LogP contribution is 2.22. The first kappa shape index (κ1) is 14.1. The van der Waals surface area contributed by atoms with E-state index in [0.29, 0.717) is 10.6 Å². The number of carbonyl (C=O) groups excluding carboxylic acids is 1. The molecule has 0 bridgehead atoms. The molecule has 1 amide bonds. The smallest absolute Gasteiger partial charge is 0.253 e. The Morgan fingerprint density at radius 1 is 1.21 bits per heavy atom. The number of hydrogen-bond donors (Lipinski definition) is 1. The van der Waals surface area contributed by atoms with Crippen LogP contribution in [0.25, 0.3) is 0 Å². The Labute approximate surface area is 125 Å². The molecule has 0 aliphatic carbocycles. The molecule has 98 valence electrons. The Morgan fingerprint density at radius 3 is 2.58 bits per heavy atom. The first-order chi connectivity index (χ1) is 9.08. The van der Waals surface area contributed by atoms with Gasteiger partial charge in [0.25, 0.3) is 5.91 Å². The van der Waals surface area contributed by atoms with E-state index in [2.05, 4.69) is 21.2 Å². The largest absolute Gasteiger partial charge is 0.345 e. The van der Waals surface area contributed by atoms with Crippen molar-refractivity contribution in [1.82, 2.24) is 5.32 Å². The van der Waals surface area contributed by atoms with Crippen molar-refractivity contribution in [2.45, 2.75) is 13.0 Å². The van der Waals surface area contributed by atoms with Gasteiger partial charge in [-0.05, 0) is 30.7 Å². The summed E-state index contributed by atoms with van der Waals surface area (Å²) in [5, 5.41) is 3.38. The van der Waals surface area contributed by atoms with Gasteiger partial charge >= 0.3 is 0 Å². The van der Waals surface area contributed by atoms with Crippen molar-refractivity contribution >= 4 is 33.4 Å². The molecule has 0 radical (unpaired) electrons. The lowest BCUT2D eigenvalue weighted by molar-refractivity contribution is 0.0940. The first-order valence-electron chi connectivity index (χ1n) is 5.89. The summed E-state index contributed by atoms with van der Waals surface area (Å²) in [5.41, 5.74) is 1.53. The third-order valence-corrected chi connectivity index (χ3v) is 3.64. The van der Waals surface area contributed by atoms with Gasteiger partial charge in [-0.2, -0.15) is 0 Å². The van der Waals surface area contributed by atoms with E-state index in [1.165, 1.54) is 0 Å². The van der Waals surface area contributed by atoms with Crippen molar-refractivity contribution in [2.24, 2.45) is 0 Å². The lowest BCUT2D eigenvalue weighted by Crippen LogP contribution is -2.26. The molecule has 0 unspecified atom stereocenters. The molecule has 1 N–H and O–H groups in total. The normalized spacial score (nSPS) is 11.9. The fourth-order valence-corrected chi connectivity index (χ4v) is 2.34. The predicted octanol–water partition coefficient (Wildman–Crippen LogP) is 4.59. The number of amides is 1.